The third-order valence-corrected chi connectivity index (χ3v) is 2.78. The maximum Gasteiger partial charge on any atom is 0.328 e. The van der Waals surface area contributed by atoms with E-state index in [1.807, 2.05) is 6.07 Å². The van der Waals surface area contributed by atoms with Gasteiger partial charge in [-0.05, 0) is 24.3 Å². The molecule has 6 heteroatoms. The number of aliphatic carboxylic acids is 1. The van der Waals surface area contributed by atoms with Crippen LogP contribution in [-0.4, -0.2) is 20.9 Å². The molecule has 0 amide bonds. The van der Waals surface area contributed by atoms with E-state index in [0.717, 1.165) is 10.5 Å². The Morgan fingerprint density at radius 3 is 2.95 bits per heavy atom. The quantitative estimate of drug-likeness (QED) is 0.878. The Morgan fingerprint density at radius 1 is 1.53 bits per heavy atom. The van der Waals surface area contributed by atoms with Gasteiger partial charge in [0, 0.05) is 23.2 Å². The van der Waals surface area contributed by atoms with Crippen molar-refractivity contribution in [2.75, 3.05) is 0 Å². The van der Waals surface area contributed by atoms with Crippen molar-refractivity contribution in [3.05, 3.63) is 46.7 Å². The number of aromatic nitrogens is 2. The minimum atomic E-state index is -1.01. The van der Waals surface area contributed by atoms with Gasteiger partial charge in [-0.25, -0.2) is 4.79 Å². The molecule has 98 valence electrons. The van der Waals surface area contributed by atoms with Crippen LogP contribution in [-0.2, 0) is 11.8 Å². The largest absolute Gasteiger partial charge is 0.478 e. The number of hydrogen-bond acceptors (Lipinski definition) is 3. The zero-order valence-corrected chi connectivity index (χ0v) is 11.7. The number of carbonyl (C=O) groups is 1. The van der Waals surface area contributed by atoms with Gasteiger partial charge in [-0.2, -0.15) is 5.10 Å². The third-order valence-electron chi connectivity index (χ3n) is 2.29. The van der Waals surface area contributed by atoms with Crippen molar-refractivity contribution >= 4 is 28.0 Å². The molecule has 0 fully saturated rings. The molecule has 5 nitrogen and oxygen atoms in total. The summed E-state index contributed by atoms with van der Waals surface area (Å²) in [7, 11) is 1.79. The monoisotopic (exact) mass is 322 g/mol. The molecule has 0 saturated carbocycles. The first-order chi connectivity index (χ1) is 9.04. The number of halogens is 1. The Balaban J connectivity index is 2.31. The fourth-order valence-electron chi connectivity index (χ4n) is 1.48. The highest BCUT2D eigenvalue weighted by molar-refractivity contribution is 9.10. The standard InChI is InChI=1S/C13H11BrN2O3/c1-16-8-11(7-15-16)19-12-4-3-10(14)6-9(12)2-5-13(17)18/h2-8H,1H3,(H,17,18)/b5-2+. The highest BCUT2D eigenvalue weighted by atomic mass is 79.9. The lowest BCUT2D eigenvalue weighted by Crippen LogP contribution is -1.89. The Morgan fingerprint density at radius 2 is 2.32 bits per heavy atom. The van der Waals surface area contributed by atoms with Crippen LogP contribution >= 0.6 is 15.9 Å². The molecule has 0 aliphatic carbocycles. The SMILES string of the molecule is Cn1cc(Oc2ccc(Br)cc2/C=C/C(=O)O)cn1. The van der Waals surface area contributed by atoms with E-state index in [9.17, 15) is 4.79 Å². The summed E-state index contributed by atoms with van der Waals surface area (Å²) >= 11 is 3.34. The van der Waals surface area contributed by atoms with Crippen LogP contribution in [0.1, 0.15) is 5.56 Å². The predicted molar refractivity (Wildman–Crippen MR) is 74.1 cm³/mol. The van der Waals surface area contributed by atoms with Gasteiger partial charge in [-0.15, -0.1) is 0 Å². The maximum absolute atomic E-state index is 10.6. The first kappa shape index (κ1) is 13.4. The van der Waals surface area contributed by atoms with Crippen molar-refractivity contribution in [3.8, 4) is 11.5 Å². The first-order valence-electron chi connectivity index (χ1n) is 5.41. The summed E-state index contributed by atoms with van der Waals surface area (Å²) in [6.07, 6.45) is 5.87. The van der Waals surface area contributed by atoms with E-state index < -0.39 is 5.97 Å². The van der Waals surface area contributed by atoms with Gasteiger partial charge >= 0.3 is 5.97 Å². The molecule has 0 radical (unpaired) electrons. The lowest BCUT2D eigenvalue weighted by molar-refractivity contribution is -0.131. The Hall–Kier alpha value is -2.08. The summed E-state index contributed by atoms with van der Waals surface area (Å²) in [4.78, 5) is 10.6. The van der Waals surface area contributed by atoms with Gasteiger partial charge in [0.15, 0.2) is 5.75 Å². The molecule has 0 unspecified atom stereocenters. The number of ether oxygens (including phenoxy) is 1. The van der Waals surface area contributed by atoms with E-state index in [0.29, 0.717) is 17.1 Å². The number of benzene rings is 1. The Bertz CT molecular complexity index is 635. The number of carboxylic acid groups (broad SMARTS) is 1. The molecule has 0 aliphatic rings. The highest BCUT2D eigenvalue weighted by Crippen LogP contribution is 2.28. The number of aryl methyl sites for hydroxylation is 1. The number of rotatable bonds is 4. The van der Waals surface area contributed by atoms with Gasteiger partial charge in [0.05, 0.1) is 12.4 Å². The fraction of sp³-hybridized carbons (Fsp3) is 0.0769. The zero-order chi connectivity index (χ0) is 13.8. The number of hydrogen-bond donors (Lipinski definition) is 1. The second kappa shape index (κ2) is 5.71. The normalized spacial score (nSPS) is 10.8. The van der Waals surface area contributed by atoms with Crippen LogP contribution in [0.15, 0.2) is 41.1 Å². The van der Waals surface area contributed by atoms with E-state index in [1.165, 1.54) is 6.08 Å². The second-order valence-electron chi connectivity index (χ2n) is 3.81. The summed E-state index contributed by atoms with van der Waals surface area (Å²) in [6, 6.07) is 5.37. The molecule has 2 aromatic rings. The van der Waals surface area contributed by atoms with Gasteiger partial charge < -0.3 is 9.84 Å². The molecule has 2 rings (SSSR count). The Labute approximate surface area is 118 Å². The summed E-state index contributed by atoms with van der Waals surface area (Å²) in [5, 5.41) is 12.7. The lowest BCUT2D eigenvalue weighted by atomic mass is 10.2. The van der Waals surface area contributed by atoms with Crippen molar-refractivity contribution < 1.29 is 14.6 Å². The van der Waals surface area contributed by atoms with Crippen LogP contribution in [0.4, 0.5) is 0 Å². The average molecular weight is 323 g/mol. The highest BCUT2D eigenvalue weighted by Gasteiger charge is 2.05. The molecule has 1 aromatic heterocycles. The van der Waals surface area contributed by atoms with Gasteiger partial charge in [-0.3, -0.25) is 4.68 Å². The van der Waals surface area contributed by atoms with Gasteiger partial charge in [-0.1, -0.05) is 15.9 Å². The van der Waals surface area contributed by atoms with Crippen molar-refractivity contribution in [2.24, 2.45) is 7.05 Å². The van der Waals surface area contributed by atoms with Crippen molar-refractivity contribution in [2.45, 2.75) is 0 Å². The average Bonchev–Trinajstić information content (AvgIpc) is 2.75. The predicted octanol–water partition coefficient (Wildman–Crippen LogP) is 3.07. The molecule has 0 bridgehead atoms. The molecule has 0 atom stereocenters. The molecule has 0 aliphatic heterocycles. The van der Waals surface area contributed by atoms with Crippen LogP contribution in [0, 0.1) is 0 Å². The van der Waals surface area contributed by atoms with Crippen LogP contribution in [0.25, 0.3) is 6.08 Å². The zero-order valence-electron chi connectivity index (χ0n) is 10.1. The number of carboxylic acids is 1. The van der Waals surface area contributed by atoms with Gasteiger partial charge in [0.25, 0.3) is 0 Å². The summed E-state index contributed by atoms with van der Waals surface area (Å²) in [5.74, 6) is 0.149. The molecule has 1 heterocycles. The van der Waals surface area contributed by atoms with E-state index in [4.69, 9.17) is 9.84 Å². The smallest absolute Gasteiger partial charge is 0.328 e. The fourth-order valence-corrected chi connectivity index (χ4v) is 1.86. The molecule has 0 spiro atoms. The van der Waals surface area contributed by atoms with Crippen LogP contribution in [0.3, 0.4) is 0 Å². The minimum absolute atomic E-state index is 0.564. The first-order valence-corrected chi connectivity index (χ1v) is 6.21. The van der Waals surface area contributed by atoms with E-state index in [1.54, 1.807) is 36.3 Å². The molecular formula is C13H11BrN2O3. The second-order valence-corrected chi connectivity index (χ2v) is 4.72. The molecule has 19 heavy (non-hydrogen) atoms. The van der Waals surface area contributed by atoms with Crippen LogP contribution in [0.5, 0.6) is 11.5 Å². The van der Waals surface area contributed by atoms with Crippen molar-refractivity contribution in [1.82, 2.24) is 9.78 Å². The van der Waals surface area contributed by atoms with E-state index in [-0.39, 0.29) is 0 Å². The molecular weight excluding hydrogens is 312 g/mol. The van der Waals surface area contributed by atoms with Crippen LogP contribution in [0.2, 0.25) is 0 Å². The molecule has 0 saturated heterocycles. The van der Waals surface area contributed by atoms with E-state index >= 15 is 0 Å². The molecule has 1 aromatic carbocycles. The lowest BCUT2D eigenvalue weighted by Gasteiger charge is -2.07. The Kier molecular flexibility index (Phi) is 4.01. The van der Waals surface area contributed by atoms with E-state index in [2.05, 4.69) is 21.0 Å². The number of nitrogens with zero attached hydrogens (tertiary/aromatic N) is 2. The minimum Gasteiger partial charge on any atom is -0.478 e. The van der Waals surface area contributed by atoms with Crippen molar-refractivity contribution in [1.29, 1.82) is 0 Å². The van der Waals surface area contributed by atoms with Crippen molar-refractivity contribution in [3.63, 3.8) is 0 Å². The molecule has 1 N–H and O–H groups in total. The third kappa shape index (κ3) is 3.69. The van der Waals surface area contributed by atoms with Gasteiger partial charge in [0.1, 0.15) is 5.75 Å². The van der Waals surface area contributed by atoms with Gasteiger partial charge in [0.2, 0.25) is 0 Å². The van der Waals surface area contributed by atoms with Crippen LogP contribution < -0.4 is 4.74 Å². The summed E-state index contributed by atoms with van der Waals surface area (Å²) in [5.41, 5.74) is 0.667. The summed E-state index contributed by atoms with van der Waals surface area (Å²) in [6.45, 7) is 0. The maximum atomic E-state index is 10.6. The summed E-state index contributed by atoms with van der Waals surface area (Å²) < 4.78 is 8.14. The topological polar surface area (TPSA) is 64.3 Å².